The highest BCUT2D eigenvalue weighted by Gasteiger charge is 2.15. The summed E-state index contributed by atoms with van der Waals surface area (Å²) in [5.41, 5.74) is 0. The SMILES string of the molecule is C[C@@H](O)CC1SCNCS1. The van der Waals surface area contributed by atoms with Crippen LogP contribution in [0.2, 0.25) is 0 Å². The lowest BCUT2D eigenvalue weighted by molar-refractivity contribution is 0.190. The van der Waals surface area contributed by atoms with Gasteiger partial charge in [-0.3, -0.25) is 5.32 Å². The maximum absolute atomic E-state index is 9.06. The highest BCUT2D eigenvalue weighted by Crippen LogP contribution is 2.29. The van der Waals surface area contributed by atoms with Gasteiger partial charge in [0.25, 0.3) is 0 Å². The molecule has 1 aliphatic rings. The predicted octanol–water partition coefficient (Wildman–Crippen LogP) is 1.07. The topological polar surface area (TPSA) is 32.3 Å². The summed E-state index contributed by atoms with van der Waals surface area (Å²) in [5, 5.41) is 12.3. The van der Waals surface area contributed by atoms with Gasteiger partial charge in [-0.1, -0.05) is 0 Å². The Morgan fingerprint density at radius 1 is 1.60 bits per heavy atom. The quantitative estimate of drug-likeness (QED) is 0.664. The average molecular weight is 179 g/mol. The van der Waals surface area contributed by atoms with Crippen molar-refractivity contribution in [2.75, 3.05) is 11.8 Å². The number of rotatable bonds is 2. The molecule has 0 aliphatic carbocycles. The summed E-state index contributed by atoms with van der Waals surface area (Å²) < 4.78 is 0.598. The van der Waals surface area contributed by atoms with Gasteiger partial charge in [0.2, 0.25) is 0 Å². The Hall–Kier alpha value is 0.620. The van der Waals surface area contributed by atoms with E-state index in [1.54, 1.807) is 0 Å². The molecule has 0 amide bonds. The standard InChI is InChI=1S/C6H13NOS2/c1-5(8)2-6-9-3-7-4-10-6/h5-8H,2-4H2,1H3/t5-/m1/s1. The van der Waals surface area contributed by atoms with Crippen LogP contribution in [0.5, 0.6) is 0 Å². The minimum absolute atomic E-state index is 0.150. The van der Waals surface area contributed by atoms with E-state index in [2.05, 4.69) is 5.32 Å². The molecular weight excluding hydrogens is 166 g/mol. The Morgan fingerprint density at radius 2 is 2.20 bits per heavy atom. The first-order chi connectivity index (χ1) is 4.79. The Labute approximate surface area is 70.1 Å². The molecule has 0 radical (unpaired) electrons. The summed E-state index contributed by atoms with van der Waals surface area (Å²) in [7, 11) is 0. The molecule has 10 heavy (non-hydrogen) atoms. The van der Waals surface area contributed by atoms with Crippen LogP contribution < -0.4 is 5.32 Å². The average Bonchev–Trinajstić information content (AvgIpc) is 1.88. The maximum Gasteiger partial charge on any atom is 0.0552 e. The highest BCUT2D eigenvalue weighted by molar-refractivity contribution is 8.17. The molecule has 0 aromatic rings. The molecule has 1 rings (SSSR count). The number of hydrogen-bond acceptors (Lipinski definition) is 4. The summed E-state index contributed by atoms with van der Waals surface area (Å²) in [4.78, 5) is 0. The van der Waals surface area contributed by atoms with Gasteiger partial charge in [0.15, 0.2) is 0 Å². The molecule has 2 N–H and O–H groups in total. The summed E-state index contributed by atoms with van der Waals surface area (Å²) in [6.07, 6.45) is 0.764. The van der Waals surface area contributed by atoms with Crippen molar-refractivity contribution < 1.29 is 5.11 Å². The molecule has 0 aromatic carbocycles. The summed E-state index contributed by atoms with van der Waals surface area (Å²) in [5.74, 6) is 2.06. The summed E-state index contributed by atoms with van der Waals surface area (Å²) in [6, 6.07) is 0. The minimum atomic E-state index is -0.150. The van der Waals surface area contributed by atoms with Gasteiger partial charge >= 0.3 is 0 Å². The first-order valence-corrected chi connectivity index (χ1v) is 5.51. The number of thioether (sulfide) groups is 2. The number of aliphatic hydroxyl groups excluding tert-OH is 1. The molecule has 1 heterocycles. The van der Waals surface area contributed by atoms with Crippen molar-refractivity contribution in [2.24, 2.45) is 0 Å². The molecule has 60 valence electrons. The van der Waals surface area contributed by atoms with Crippen LogP contribution in [-0.4, -0.2) is 27.5 Å². The third kappa shape index (κ3) is 3.14. The smallest absolute Gasteiger partial charge is 0.0552 e. The molecular formula is C6H13NOS2. The first kappa shape index (κ1) is 8.71. The van der Waals surface area contributed by atoms with E-state index >= 15 is 0 Å². The third-order valence-corrected chi connectivity index (χ3v) is 3.96. The van der Waals surface area contributed by atoms with Gasteiger partial charge < -0.3 is 5.11 Å². The fourth-order valence-electron chi connectivity index (χ4n) is 0.808. The predicted molar refractivity (Wildman–Crippen MR) is 48.1 cm³/mol. The van der Waals surface area contributed by atoms with Crippen molar-refractivity contribution in [1.82, 2.24) is 5.32 Å². The lowest BCUT2D eigenvalue weighted by Gasteiger charge is -2.22. The van der Waals surface area contributed by atoms with Crippen LogP contribution in [0.1, 0.15) is 13.3 Å². The Kier molecular flexibility index (Phi) is 3.91. The molecule has 0 saturated carbocycles. The third-order valence-electron chi connectivity index (χ3n) is 1.28. The molecule has 1 fully saturated rings. The fourth-order valence-corrected chi connectivity index (χ4v) is 3.37. The molecule has 1 saturated heterocycles. The maximum atomic E-state index is 9.06. The van der Waals surface area contributed by atoms with Gasteiger partial charge in [0.05, 0.1) is 10.7 Å². The molecule has 0 bridgehead atoms. The molecule has 0 spiro atoms. The molecule has 4 heteroatoms. The first-order valence-electron chi connectivity index (χ1n) is 3.41. The number of aliphatic hydroxyl groups is 1. The number of nitrogens with one attached hydrogen (secondary N) is 1. The van der Waals surface area contributed by atoms with E-state index in [0.717, 1.165) is 18.2 Å². The van der Waals surface area contributed by atoms with Crippen LogP contribution in [0.15, 0.2) is 0 Å². The second kappa shape index (κ2) is 4.49. The van der Waals surface area contributed by atoms with Crippen LogP contribution in [0.3, 0.4) is 0 Å². The highest BCUT2D eigenvalue weighted by atomic mass is 32.2. The summed E-state index contributed by atoms with van der Waals surface area (Å²) in [6.45, 7) is 1.85. The largest absolute Gasteiger partial charge is 0.393 e. The normalized spacial score (nSPS) is 24.6. The zero-order valence-electron chi connectivity index (χ0n) is 6.04. The van der Waals surface area contributed by atoms with Gasteiger partial charge in [-0.15, -0.1) is 23.5 Å². The van der Waals surface area contributed by atoms with Crippen molar-refractivity contribution in [3.63, 3.8) is 0 Å². The van der Waals surface area contributed by atoms with Crippen LogP contribution in [0.4, 0.5) is 0 Å². The van der Waals surface area contributed by atoms with Crippen molar-refractivity contribution in [3.8, 4) is 0 Å². The Bertz CT molecular complexity index is 93.7. The van der Waals surface area contributed by atoms with Gasteiger partial charge in [-0.25, -0.2) is 0 Å². The monoisotopic (exact) mass is 179 g/mol. The van der Waals surface area contributed by atoms with Crippen LogP contribution in [-0.2, 0) is 0 Å². The molecule has 1 aliphatic heterocycles. The Balaban J connectivity index is 2.13. The zero-order chi connectivity index (χ0) is 7.40. The molecule has 0 aromatic heterocycles. The van der Waals surface area contributed by atoms with Crippen LogP contribution >= 0.6 is 23.5 Å². The van der Waals surface area contributed by atoms with E-state index in [-0.39, 0.29) is 6.10 Å². The summed E-state index contributed by atoms with van der Waals surface area (Å²) >= 11 is 3.77. The van der Waals surface area contributed by atoms with Crippen molar-refractivity contribution in [2.45, 2.75) is 24.0 Å². The van der Waals surface area contributed by atoms with Gasteiger partial charge in [0, 0.05) is 11.8 Å². The molecule has 2 nitrogen and oxygen atoms in total. The van der Waals surface area contributed by atoms with E-state index in [4.69, 9.17) is 5.11 Å². The van der Waals surface area contributed by atoms with Crippen LogP contribution in [0, 0.1) is 0 Å². The lowest BCUT2D eigenvalue weighted by Crippen LogP contribution is -2.23. The molecule has 0 unspecified atom stereocenters. The van der Waals surface area contributed by atoms with Crippen molar-refractivity contribution in [3.05, 3.63) is 0 Å². The van der Waals surface area contributed by atoms with Crippen molar-refractivity contribution >= 4 is 23.5 Å². The zero-order valence-corrected chi connectivity index (χ0v) is 7.67. The van der Waals surface area contributed by atoms with Gasteiger partial charge in [0.1, 0.15) is 0 Å². The number of hydrogen-bond donors (Lipinski definition) is 2. The van der Waals surface area contributed by atoms with E-state index < -0.39 is 0 Å². The van der Waals surface area contributed by atoms with E-state index in [1.807, 2.05) is 30.4 Å². The van der Waals surface area contributed by atoms with E-state index in [9.17, 15) is 0 Å². The van der Waals surface area contributed by atoms with E-state index in [1.165, 1.54) is 0 Å². The Morgan fingerprint density at radius 3 is 2.70 bits per heavy atom. The second-order valence-electron chi connectivity index (χ2n) is 2.39. The lowest BCUT2D eigenvalue weighted by atomic mass is 10.3. The fraction of sp³-hybridized carbons (Fsp3) is 1.00. The van der Waals surface area contributed by atoms with Crippen LogP contribution in [0.25, 0.3) is 0 Å². The second-order valence-corrected chi connectivity index (χ2v) is 5.07. The minimum Gasteiger partial charge on any atom is -0.393 e. The molecule has 1 atom stereocenters. The van der Waals surface area contributed by atoms with Crippen molar-refractivity contribution in [1.29, 1.82) is 0 Å². The van der Waals surface area contributed by atoms with E-state index in [0.29, 0.717) is 4.58 Å². The van der Waals surface area contributed by atoms with Gasteiger partial charge in [-0.05, 0) is 13.3 Å². The van der Waals surface area contributed by atoms with Gasteiger partial charge in [-0.2, -0.15) is 0 Å².